The normalized spacial score (nSPS) is 14.5. The molecule has 0 spiro atoms. The number of benzene rings is 2. The summed E-state index contributed by atoms with van der Waals surface area (Å²) in [6, 6.07) is 12.0. The third-order valence-electron chi connectivity index (χ3n) is 4.50. The van der Waals surface area contributed by atoms with Crippen LogP contribution >= 0.6 is 22.9 Å². The summed E-state index contributed by atoms with van der Waals surface area (Å²) in [4.78, 5) is 4.74. The minimum absolute atomic E-state index is 0.207. The van der Waals surface area contributed by atoms with Crippen LogP contribution < -0.4 is 14.8 Å². The van der Waals surface area contributed by atoms with E-state index in [1.807, 2.05) is 30.3 Å². The van der Waals surface area contributed by atoms with Crippen molar-refractivity contribution in [2.75, 3.05) is 12.4 Å². The molecule has 0 saturated heterocycles. The molecule has 1 aromatic heterocycles. The van der Waals surface area contributed by atoms with Crippen molar-refractivity contribution in [2.24, 2.45) is 0 Å². The average molecular weight is 401 g/mol. The minimum Gasteiger partial charge on any atom is -0.493 e. The van der Waals surface area contributed by atoms with E-state index in [0.29, 0.717) is 6.54 Å². The number of thiazole rings is 1. The highest BCUT2D eigenvalue weighted by Gasteiger charge is 2.33. The number of ether oxygens (including phenoxy) is 2. The van der Waals surface area contributed by atoms with Gasteiger partial charge in [0.05, 0.1) is 12.8 Å². The highest BCUT2D eigenvalue weighted by atomic mass is 35.5. The number of halogens is 1. The zero-order chi connectivity index (χ0) is 19.0. The van der Waals surface area contributed by atoms with Crippen molar-refractivity contribution in [3.63, 3.8) is 0 Å². The van der Waals surface area contributed by atoms with Gasteiger partial charge in [-0.3, -0.25) is 0 Å². The Kier molecular flexibility index (Phi) is 4.74. The van der Waals surface area contributed by atoms with Crippen molar-refractivity contribution in [1.82, 2.24) is 4.98 Å². The van der Waals surface area contributed by atoms with E-state index < -0.39 is 0 Å². The first-order valence-electron chi connectivity index (χ1n) is 8.78. The Morgan fingerprint density at radius 3 is 2.78 bits per heavy atom. The topological polar surface area (TPSA) is 43.4 Å². The highest BCUT2D eigenvalue weighted by Crippen LogP contribution is 2.44. The fourth-order valence-electron chi connectivity index (χ4n) is 3.25. The van der Waals surface area contributed by atoms with Gasteiger partial charge in [-0.15, -0.1) is 11.3 Å². The number of nitrogens with zero attached hydrogens (tertiary/aromatic N) is 1. The number of rotatable bonds is 5. The second-order valence-corrected chi connectivity index (χ2v) is 8.52. The standard InChI is InChI=1S/C21H21ClN2O2S/c1-21(2)10-15-8-14(9-18(25-3)19(15)26-21)17-12-27-20(24-17)23-11-13-4-6-16(22)7-5-13/h4-9,12H,10-11H2,1-3H3,(H,23,24). The Hall–Kier alpha value is -2.24. The number of aromatic nitrogens is 1. The molecule has 140 valence electrons. The monoisotopic (exact) mass is 400 g/mol. The van der Waals surface area contributed by atoms with Crippen molar-refractivity contribution in [3.05, 3.63) is 57.9 Å². The van der Waals surface area contributed by atoms with Gasteiger partial charge >= 0.3 is 0 Å². The zero-order valence-corrected chi connectivity index (χ0v) is 17.1. The lowest BCUT2D eigenvalue weighted by Crippen LogP contribution is -2.24. The quantitative estimate of drug-likeness (QED) is 0.588. The van der Waals surface area contributed by atoms with Gasteiger partial charge in [-0.05, 0) is 43.7 Å². The van der Waals surface area contributed by atoms with Crippen LogP contribution in [0.5, 0.6) is 11.5 Å². The largest absolute Gasteiger partial charge is 0.493 e. The maximum Gasteiger partial charge on any atom is 0.183 e. The summed E-state index contributed by atoms with van der Waals surface area (Å²) in [5.41, 5.74) is 4.10. The molecule has 0 aliphatic carbocycles. The summed E-state index contributed by atoms with van der Waals surface area (Å²) >= 11 is 7.53. The minimum atomic E-state index is -0.207. The third-order valence-corrected chi connectivity index (χ3v) is 5.56. The van der Waals surface area contributed by atoms with Gasteiger partial charge in [-0.2, -0.15) is 0 Å². The Morgan fingerprint density at radius 2 is 2.04 bits per heavy atom. The number of anilines is 1. The van der Waals surface area contributed by atoms with Gasteiger partial charge in [-0.25, -0.2) is 4.98 Å². The van der Waals surface area contributed by atoms with E-state index in [9.17, 15) is 0 Å². The molecule has 0 fully saturated rings. The molecule has 1 aliphatic heterocycles. The van der Waals surface area contributed by atoms with Crippen LogP contribution in [0, 0.1) is 0 Å². The van der Waals surface area contributed by atoms with Crippen LogP contribution in [0.4, 0.5) is 5.13 Å². The van der Waals surface area contributed by atoms with Gasteiger partial charge in [0.25, 0.3) is 0 Å². The number of hydrogen-bond acceptors (Lipinski definition) is 5. The first-order valence-corrected chi connectivity index (χ1v) is 10.0. The van der Waals surface area contributed by atoms with E-state index in [1.54, 1.807) is 18.4 Å². The summed E-state index contributed by atoms with van der Waals surface area (Å²) in [5, 5.41) is 7.06. The van der Waals surface area contributed by atoms with E-state index in [1.165, 1.54) is 0 Å². The maximum absolute atomic E-state index is 6.04. The molecule has 0 bridgehead atoms. The van der Waals surface area contributed by atoms with Gasteiger partial charge in [0.2, 0.25) is 0 Å². The van der Waals surface area contributed by atoms with E-state index in [-0.39, 0.29) is 5.60 Å². The number of fused-ring (bicyclic) bond motifs is 1. The van der Waals surface area contributed by atoms with Gasteiger partial charge in [-0.1, -0.05) is 23.7 Å². The molecule has 0 unspecified atom stereocenters. The number of nitrogens with one attached hydrogen (secondary N) is 1. The zero-order valence-electron chi connectivity index (χ0n) is 15.5. The van der Waals surface area contributed by atoms with Gasteiger partial charge in [0.1, 0.15) is 5.60 Å². The van der Waals surface area contributed by atoms with Crippen molar-refractivity contribution >= 4 is 28.1 Å². The molecule has 0 saturated carbocycles. The summed E-state index contributed by atoms with van der Waals surface area (Å²) in [7, 11) is 1.67. The Morgan fingerprint density at radius 1 is 1.26 bits per heavy atom. The van der Waals surface area contributed by atoms with E-state index in [2.05, 4.69) is 30.6 Å². The Labute approximate surface area is 168 Å². The van der Waals surface area contributed by atoms with E-state index in [0.717, 1.165) is 50.5 Å². The fraction of sp³-hybridized carbons (Fsp3) is 0.286. The van der Waals surface area contributed by atoms with Crippen LogP contribution in [0.3, 0.4) is 0 Å². The Balaban J connectivity index is 1.54. The number of methoxy groups -OCH3 is 1. The first-order chi connectivity index (χ1) is 12.9. The summed E-state index contributed by atoms with van der Waals surface area (Å²) in [6.07, 6.45) is 0.859. The lowest BCUT2D eigenvalue weighted by atomic mass is 9.99. The van der Waals surface area contributed by atoms with Crippen molar-refractivity contribution in [3.8, 4) is 22.8 Å². The molecule has 1 aliphatic rings. The molecule has 1 N–H and O–H groups in total. The van der Waals surface area contributed by atoms with E-state index >= 15 is 0 Å². The first kappa shape index (κ1) is 18.1. The van der Waals surface area contributed by atoms with Gasteiger partial charge < -0.3 is 14.8 Å². The van der Waals surface area contributed by atoms with Crippen molar-refractivity contribution in [2.45, 2.75) is 32.4 Å². The lowest BCUT2D eigenvalue weighted by Gasteiger charge is -2.17. The molecule has 0 radical (unpaired) electrons. The summed E-state index contributed by atoms with van der Waals surface area (Å²) in [6.45, 7) is 4.89. The second-order valence-electron chi connectivity index (χ2n) is 7.22. The Bertz CT molecular complexity index is 967. The average Bonchev–Trinajstić information content (AvgIpc) is 3.23. The molecule has 6 heteroatoms. The van der Waals surface area contributed by atoms with Gasteiger partial charge in [0, 0.05) is 34.5 Å². The van der Waals surface area contributed by atoms with Crippen LogP contribution in [0.15, 0.2) is 41.8 Å². The highest BCUT2D eigenvalue weighted by molar-refractivity contribution is 7.14. The van der Waals surface area contributed by atoms with Crippen LogP contribution in [-0.2, 0) is 13.0 Å². The molecular formula is C21H21ClN2O2S. The predicted octanol–water partition coefficient (Wildman–Crippen LogP) is 5.80. The third kappa shape index (κ3) is 3.89. The van der Waals surface area contributed by atoms with Crippen LogP contribution in [0.25, 0.3) is 11.3 Å². The van der Waals surface area contributed by atoms with E-state index in [4.69, 9.17) is 26.1 Å². The molecule has 2 heterocycles. The molecule has 0 atom stereocenters. The molecule has 4 nitrogen and oxygen atoms in total. The molecular weight excluding hydrogens is 380 g/mol. The predicted molar refractivity (Wildman–Crippen MR) is 111 cm³/mol. The van der Waals surface area contributed by atoms with Crippen LogP contribution in [-0.4, -0.2) is 17.7 Å². The van der Waals surface area contributed by atoms with Gasteiger partial charge in [0.15, 0.2) is 16.6 Å². The maximum atomic E-state index is 6.04. The summed E-state index contributed by atoms with van der Waals surface area (Å²) in [5.74, 6) is 1.61. The van der Waals surface area contributed by atoms with Crippen LogP contribution in [0.2, 0.25) is 5.02 Å². The SMILES string of the molecule is COc1cc(-c2csc(NCc3ccc(Cl)cc3)n2)cc2c1OC(C)(C)C2. The second kappa shape index (κ2) is 7.06. The molecule has 0 amide bonds. The van der Waals surface area contributed by atoms with Crippen molar-refractivity contribution < 1.29 is 9.47 Å². The molecule has 2 aromatic carbocycles. The molecule has 27 heavy (non-hydrogen) atoms. The lowest BCUT2D eigenvalue weighted by molar-refractivity contribution is 0.134. The smallest absolute Gasteiger partial charge is 0.183 e. The fourth-order valence-corrected chi connectivity index (χ4v) is 4.09. The summed E-state index contributed by atoms with van der Waals surface area (Å²) < 4.78 is 11.6. The van der Waals surface area contributed by atoms with Crippen LogP contribution in [0.1, 0.15) is 25.0 Å². The van der Waals surface area contributed by atoms with Crippen molar-refractivity contribution in [1.29, 1.82) is 0 Å². The molecule has 3 aromatic rings. The number of hydrogen-bond donors (Lipinski definition) is 1. The molecule has 4 rings (SSSR count).